The van der Waals surface area contributed by atoms with Gasteiger partial charge in [-0.25, -0.2) is 0 Å². The molecule has 1 aromatic rings. The van der Waals surface area contributed by atoms with E-state index in [-0.39, 0.29) is 0 Å². The van der Waals surface area contributed by atoms with E-state index >= 15 is 0 Å². The van der Waals surface area contributed by atoms with Crippen molar-refractivity contribution in [1.29, 1.82) is 0 Å². The fourth-order valence-electron chi connectivity index (χ4n) is 0.766. The van der Waals surface area contributed by atoms with Gasteiger partial charge < -0.3 is 0 Å². The average Bonchev–Trinajstić information content (AvgIpc) is 2.47. The molecule has 0 spiro atoms. The largest absolute Gasteiger partial charge is 0.278 e. The number of nitrogens with one attached hydrogen (secondary N) is 1. The summed E-state index contributed by atoms with van der Waals surface area (Å²) in [6, 6.07) is 0. The molecular formula is C9H10N2. The zero-order valence-electron chi connectivity index (χ0n) is 6.25. The highest BCUT2D eigenvalue weighted by Gasteiger charge is 1.94. The molecule has 0 saturated heterocycles. The predicted molar refractivity (Wildman–Crippen MR) is 47.9 cm³/mol. The number of H-pyrrole nitrogens is 1. The van der Waals surface area contributed by atoms with Crippen molar-refractivity contribution in [2.45, 2.75) is 0 Å². The molecular weight excluding hydrogens is 136 g/mol. The first-order valence-corrected chi connectivity index (χ1v) is 3.33. The van der Waals surface area contributed by atoms with Crippen LogP contribution in [0.1, 0.15) is 11.3 Å². The average molecular weight is 146 g/mol. The van der Waals surface area contributed by atoms with Crippen LogP contribution in [0.15, 0.2) is 31.5 Å². The minimum absolute atomic E-state index is 0.958. The first-order valence-electron chi connectivity index (χ1n) is 3.33. The maximum Gasteiger partial charge on any atom is 0.0650 e. The molecule has 0 radical (unpaired) electrons. The van der Waals surface area contributed by atoms with Gasteiger partial charge in [-0.15, -0.1) is 0 Å². The smallest absolute Gasteiger partial charge is 0.0650 e. The van der Waals surface area contributed by atoms with Crippen molar-refractivity contribution in [1.82, 2.24) is 10.2 Å². The van der Waals surface area contributed by atoms with Gasteiger partial charge in [0.05, 0.1) is 11.9 Å². The van der Waals surface area contributed by atoms with Gasteiger partial charge in [0.1, 0.15) is 0 Å². The van der Waals surface area contributed by atoms with Crippen molar-refractivity contribution in [3.8, 4) is 0 Å². The van der Waals surface area contributed by atoms with Crippen LogP contribution in [-0.2, 0) is 0 Å². The highest BCUT2D eigenvalue weighted by atomic mass is 15.1. The Morgan fingerprint density at radius 3 is 2.91 bits per heavy atom. The van der Waals surface area contributed by atoms with Crippen molar-refractivity contribution >= 4 is 12.2 Å². The van der Waals surface area contributed by atoms with Gasteiger partial charge in [0.15, 0.2) is 0 Å². The summed E-state index contributed by atoms with van der Waals surface area (Å²) in [5, 5.41) is 6.70. The number of nitrogens with zero attached hydrogens (tertiary/aromatic N) is 1. The summed E-state index contributed by atoms with van der Waals surface area (Å²) in [4.78, 5) is 0. The van der Waals surface area contributed by atoms with Crippen LogP contribution >= 0.6 is 0 Å². The number of hydrogen-bond donors (Lipinski definition) is 1. The zero-order valence-corrected chi connectivity index (χ0v) is 6.25. The van der Waals surface area contributed by atoms with Gasteiger partial charge in [-0.2, -0.15) is 5.10 Å². The fraction of sp³-hybridized carbons (Fsp3) is 0. The molecule has 11 heavy (non-hydrogen) atoms. The van der Waals surface area contributed by atoms with Crippen LogP contribution in [0.3, 0.4) is 0 Å². The Morgan fingerprint density at radius 2 is 2.27 bits per heavy atom. The number of hydrogen-bond acceptors (Lipinski definition) is 1. The molecule has 0 amide bonds. The van der Waals surface area contributed by atoms with Gasteiger partial charge >= 0.3 is 0 Å². The molecule has 1 aromatic heterocycles. The standard InChI is InChI=1S/C9H10N2/c1-3-5-6-9-8(4-2)7-10-11-9/h3-7H,1-2H2,(H,10,11)/b6-5-. The van der Waals surface area contributed by atoms with Gasteiger partial charge in [-0.3, -0.25) is 5.10 Å². The van der Waals surface area contributed by atoms with E-state index in [0.29, 0.717) is 0 Å². The van der Waals surface area contributed by atoms with Gasteiger partial charge in [0.2, 0.25) is 0 Å². The van der Waals surface area contributed by atoms with Crippen LogP contribution in [-0.4, -0.2) is 10.2 Å². The minimum atomic E-state index is 0.958. The molecule has 0 saturated carbocycles. The summed E-state index contributed by atoms with van der Waals surface area (Å²) in [7, 11) is 0. The second kappa shape index (κ2) is 3.56. The second-order valence-electron chi connectivity index (χ2n) is 2.04. The Bertz CT molecular complexity index is 282. The van der Waals surface area contributed by atoms with E-state index in [1.165, 1.54) is 0 Å². The van der Waals surface area contributed by atoms with Crippen LogP contribution in [0, 0.1) is 0 Å². The second-order valence-corrected chi connectivity index (χ2v) is 2.04. The minimum Gasteiger partial charge on any atom is -0.278 e. The number of aromatic amines is 1. The van der Waals surface area contributed by atoms with Crippen molar-refractivity contribution < 1.29 is 0 Å². The first kappa shape index (κ1) is 7.54. The quantitative estimate of drug-likeness (QED) is 0.651. The molecule has 0 aromatic carbocycles. The summed E-state index contributed by atoms with van der Waals surface area (Å²) in [5.74, 6) is 0. The molecule has 0 fully saturated rings. The lowest BCUT2D eigenvalue weighted by Gasteiger charge is -1.86. The van der Waals surface area contributed by atoms with E-state index in [9.17, 15) is 0 Å². The molecule has 56 valence electrons. The fourth-order valence-corrected chi connectivity index (χ4v) is 0.766. The molecule has 0 unspecified atom stereocenters. The van der Waals surface area contributed by atoms with Gasteiger partial charge in [-0.1, -0.05) is 31.4 Å². The molecule has 0 atom stereocenters. The predicted octanol–water partition coefficient (Wildman–Crippen LogP) is 2.25. The van der Waals surface area contributed by atoms with Crippen molar-refractivity contribution in [3.63, 3.8) is 0 Å². The van der Waals surface area contributed by atoms with Crippen LogP contribution in [0.25, 0.3) is 12.2 Å². The van der Waals surface area contributed by atoms with Crippen LogP contribution in [0.4, 0.5) is 0 Å². The van der Waals surface area contributed by atoms with Crippen LogP contribution in [0.5, 0.6) is 0 Å². The third kappa shape index (κ3) is 1.67. The lowest BCUT2D eigenvalue weighted by atomic mass is 10.2. The Balaban J connectivity index is 2.92. The molecule has 1 N–H and O–H groups in total. The highest BCUT2D eigenvalue weighted by Crippen LogP contribution is 2.07. The summed E-state index contributed by atoms with van der Waals surface area (Å²) < 4.78 is 0. The van der Waals surface area contributed by atoms with E-state index in [0.717, 1.165) is 11.3 Å². The van der Waals surface area contributed by atoms with Crippen LogP contribution < -0.4 is 0 Å². The summed E-state index contributed by atoms with van der Waals surface area (Å²) >= 11 is 0. The first-order chi connectivity index (χ1) is 5.38. The van der Waals surface area contributed by atoms with E-state index in [2.05, 4.69) is 23.4 Å². The monoisotopic (exact) mass is 146 g/mol. The van der Waals surface area contributed by atoms with E-state index < -0.39 is 0 Å². The van der Waals surface area contributed by atoms with Gasteiger partial charge in [-0.05, 0) is 6.08 Å². The lowest BCUT2D eigenvalue weighted by molar-refractivity contribution is 1.08. The molecule has 2 heteroatoms. The highest BCUT2D eigenvalue weighted by molar-refractivity contribution is 5.61. The van der Waals surface area contributed by atoms with E-state index in [1.54, 1.807) is 18.3 Å². The zero-order chi connectivity index (χ0) is 8.10. The number of rotatable bonds is 3. The molecule has 1 rings (SSSR count). The topological polar surface area (TPSA) is 28.7 Å². The van der Waals surface area contributed by atoms with E-state index in [4.69, 9.17) is 0 Å². The number of allylic oxidation sites excluding steroid dienone is 2. The maximum absolute atomic E-state index is 3.86. The third-order valence-electron chi connectivity index (χ3n) is 1.32. The maximum atomic E-state index is 3.86. The molecule has 0 aliphatic carbocycles. The molecule has 1 heterocycles. The Kier molecular flexibility index (Phi) is 2.44. The lowest BCUT2D eigenvalue weighted by Crippen LogP contribution is -1.73. The van der Waals surface area contributed by atoms with Crippen molar-refractivity contribution in [2.24, 2.45) is 0 Å². The molecule has 0 aliphatic rings. The molecule has 0 bridgehead atoms. The normalized spacial score (nSPS) is 10.2. The number of aromatic nitrogens is 2. The Hall–Kier alpha value is -1.57. The molecule has 2 nitrogen and oxygen atoms in total. The van der Waals surface area contributed by atoms with Crippen molar-refractivity contribution in [3.05, 3.63) is 42.8 Å². The third-order valence-corrected chi connectivity index (χ3v) is 1.32. The molecule has 0 aliphatic heterocycles. The Morgan fingerprint density at radius 1 is 1.45 bits per heavy atom. The van der Waals surface area contributed by atoms with Crippen molar-refractivity contribution in [2.75, 3.05) is 0 Å². The SMILES string of the molecule is C=C/C=C\c1[nH]ncc1C=C. The summed E-state index contributed by atoms with van der Waals surface area (Å²) in [6.45, 7) is 7.22. The summed E-state index contributed by atoms with van der Waals surface area (Å²) in [6.07, 6.45) is 8.95. The van der Waals surface area contributed by atoms with E-state index in [1.807, 2.05) is 12.2 Å². The Labute approximate surface area is 65.9 Å². The van der Waals surface area contributed by atoms with Crippen LogP contribution in [0.2, 0.25) is 0 Å². The van der Waals surface area contributed by atoms with Gasteiger partial charge in [0.25, 0.3) is 0 Å². The van der Waals surface area contributed by atoms with Gasteiger partial charge in [0, 0.05) is 5.56 Å². The summed E-state index contributed by atoms with van der Waals surface area (Å²) in [5.41, 5.74) is 1.96.